The molecule has 6 nitrogen and oxygen atoms in total. The Morgan fingerprint density at radius 3 is 2.79 bits per heavy atom. The zero-order chi connectivity index (χ0) is 18.9. The summed E-state index contributed by atoms with van der Waals surface area (Å²) in [4.78, 5) is 13.3. The summed E-state index contributed by atoms with van der Waals surface area (Å²) in [5, 5.41) is 7.51. The van der Waals surface area contributed by atoms with Crippen LogP contribution in [-0.4, -0.2) is 21.7 Å². The Kier molecular flexibility index (Phi) is 4.29. The van der Waals surface area contributed by atoms with Crippen molar-refractivity contribution in [3.05, 3.63) is 69.9 Å². The fraction of sp³-hybridized carbons (Fsp3) is 0.190. The lowest BCUT2D eigenvalue weighted by Crippen LogP contribution is -2.02. The molecule has 3 heterocycles. The first kappa shape index (κ1) is 16.9. The lowest BCUT2D eigenvalue weighted by Gasteiger charge is -2.09. The minimum atomic E-state index is 0.291. The summed E-state index contributed by atoms with van der Waals surface area (Å²) in [6, 6.07) is 12.4. The summed E-state index contributed by atoms with van der Waals surface area (Å²) < 4.78 is 10.9. The first-order valence-corrected chi connectivity index (χ1v) is 9.89. The maximum atomic E-state index is 5.48. The van der Waals surface area contributed by atoms with Crippen LogP contribution in [0.2, 0.25) is 0 Å². The highest BCUT2D eigenvalue weighted by Gasteiger charge is 2.13. The van der Waals surface area contributed by atoms with Gasteiger partial charge in [-0.25, -0.2) is 15.0 Å². The van der Waals surface area contributed by atoms with Gasteiger partial charge in [-0.15, -0.1) is 11.3 Å². The van der Waals surface area contributed by atoms with Crippen LogP contribution < -0.4 is 14.8 Å². The van der Waals surface area contributed by atoms with Crippen LogP contribution in [-0.2, 0) is 13.0 Å². The van der Waals surface area contributed by atoms with Gasteiger partial charge in [0.05, 0.1) is 12.1 Å². The molecule has 0 aliphatic carbocycles. The maximum absolute atomic E-state index is 5.48. The van der Waals surface area contributed by atoms with Crippen LogP contribution in [0.3, 0.4) is 0 Å². The van der Waals surface area contributed by atoms with Gasteiger partial charge in [0.15, 0.2) is 11.5 Å². The van der Waals surface area contributed by atoms with E-state index < -0.39 is 0 Å². The highest BCUT2D eigenvalue weighted by molar-refractivity contribution is 7.09. The molecule has 5 rings (SSSR count). The van der Waals surface area contributed by atoms with E-state index in [0.717, 1.165) is 45.3 Å². The van der Waals surface area contributed by atoms with Gasteiger partial charge in [0.1, 0.15) is 17.2 Å². The molecule has 0 fully saturated rings. The summed E-state index contributed by atoms with van der Waals surface area (Å²) in [6.45, 7) is 2.94. The van der Waals surface area contributed by atoms with E-state index in [-0.39, 0.29) is 0 Å². The zero-order valence-electron chi connectivity index (χ0n) is 15.3. The molecule has 0 saturated carbocycles. The van der Waals surface area contributed by atoms with Gasteiger partial charge in [-0.1, -0.05) is 12.1 Å². The van der Waals surface area contributed by atoms with Crippen LogP contribution in [0, 0.1) is 6.92 Å². The molecular weight excluding hydrogens is 372 g/mol. The summed E-state index contributed by atoms with van der Waals surface area (Å²) >= 11 is 1.65. The molecule has 0 atom stereocenters. The molecule has 0 unspecified atom stereocenters. The van der Waals surface area contributed by atoms with E-state index in [2.05, 4.69) is 43.8 Å². The standard InChI is InChI=1S/C21H18N4O2S/c1-13-10-28-20(25-13)9-22-21-16-7-14(2-4-17(16)23-11-24-21)6-15-3-5-18-19(8-15)27-12-26-18/h2-5,7-8,10-11H,6,9,12H2,1H3,(H,22,23,24). The van der Waals surface area contributed by atoms with Crippen LogP contribution in [0.1, 0.15) is 21.8 Å². The molecule has 2 aromatic carbocycles. The second-order valence-electron chi connectivity index (χ2n) is 6.67. The third kappa shape index (κ3) is 3.36. The van der Waals surface area contributed by atoms with Gasteiger partial charge < -0.3 is 14.8 Å². The average Bonchev–Trinajstić information content (AvgIpc) is 3.34. The molecule has 0 amide bonds. The predicted molar refractivity (Wildman–Crippen MR) is 109 cm³/mol. The number of thiazole rings is 1. The molecule has 140 valence electrons. The highest BCUT2D eigenvalue weighted by Crippen LogP contribution is 2.33. The summed E-state index contributed by atoms with van der Waals surface area (Å²) in [5.41, 5.74) is 4.32. The Balaban J connectivity index is 1.41. The van der Waals surface area contributed by atoms with Crippen molar-refractivity contribution < 1.29 is 9.47 Å². The molecule has 7 heteroatoms. The third-order valence-electron chi connectivity index (χ3n) is 4.62. The van der Waals surface area contributed by atoms with Crippen molar-refractivity contribution in [3.63, 3.8) is 0 Å². The molecule has 0 radical (unpaired) electrons. The first-order valence-electron chi connectivity index (χ1n) is 9.02. The zero-order valence-corrected chi connectivity index (χ0v) is 16.1. The van der Waals surface area contributed by atoms with Gasteiger partial charge in [-0.05, 0) is 48.7 Å². The number of anilines is 1. The topological polar surface area (TPSA) is 69.2 Å². The number of aromatic nitrogens is 3. The molecule has 28 heavy (non-hydrogen) atoms. The van der Waals surface area contributed by atoms with Crippen LogP contribution >= 0.6 is 11.3 Å². The van der Waals surface area contributed by atoms with E-state index in [9.17, 15) is 0 Å². The van der Waals surface area contributed by atoms with Crippen molar-refractivity contribution in [3.8, 4) is 11.5 Å². The molecule has 2 aromatic heterocycles. The normalized spacial score (nSPS) is 12.5. The van der Waals surface area contributed by atoms with Gasteiger partial charge in [-0.2, -0.15) is 0 Å². The van der Waals surface area contributed by atoms with Crippen LogP contribution in [0.5, 0.6) is 11.5 Å². The van der Waals surface area contributed by atoms with Gasteiger partial charge in [0, 0.05) is 16.5 Å². The van der Waals surface area contributed by atoms with Crippen molar-refractivity contribution in [2.45, 2.75) is 19.9 Å². The number of nitrogens with zero attached hydrogens (tertiary/aromatic N) is 3. The van der Waals surface area contributed by atoms with E-state index in [1.54, 1.807) is 17.7 Å². The smallest absolute Gasteiger partial charge is 0.231 e. The van der Waals surface area contributed by atoms with Crippen molar-refractivity contribution in [2.24, 2.45) is 0 Å². The number of nitrogens with one attached hydrogen (secondary N) is 1. The fourth-order valence-corrected chi connectivity index (χ4v) is 4.00. The van der Waals surface area contributed by atoms with Gasteiger partial charge in [0.2, 0.25) is 6.79 Å². The van der Waals surface area contributed by atoms with Crippen molar-refractivity contribution in [1.82, 2.24) is 15.0 Å². The van der Waals surface area contributed by atoms with Crippen molar-refractivity contribution in [2.75, 3.05) is 12.1 Å². The second kappa shape index (κ2) is 7.09. The van der Waals surface area contributed by atoms with Gasteiger partial charge >= 0.3 is 0 Å². The number of fused-ring (bicyclic) bond motifs is 2. The first-order chi connectivity index (χ1) is 13.7. The molecular formula is C21H18N4O2S. The Morgan fingerprint density at radius 2 is 1.89 bits per heavy atom. The summed E-state index contributed by atoms with van der Waals surface area (Å²) in [7, 11) is 0. The van der Waals surface area contributed by atoms with Gasteiger partial charge in [-0.3, -0.25) is 0 Å². The molecule has 1 aliphatic rings. The molecule has 0 saturated heterocycles. The minimum absolute atomic E-state index is 0.291. The van der Waals surface area contributed by atoms with E-state index >= 15 is 0 Å². The Morgan fingerprint density at radius 1 is 1.04 bits per heavy atom. The van der Waals surface area contributed by atoms with Crippen molar-refractivity contribution >= 4 is 28.1 Å². The lowest BCUT2D eigenvalue weighted by molar-refractivity contribution is 0.174. The average molecular weight is 390 g/mol. The molecule has 1 N–H and O–H groups in total. The van der Waals surface area contributed by atoms with E-state index in [4.69, 9.17) is 9.47 Å². The Bertz CT molecular complexity index is 1160. The Labute approximate surface area is 166 Å². The minimum Gasteiger partial charge on any atom is -0.454 e. The number of hydrogen-bond acceptors (Lipinski definition) is 7. The lowest BCUT2D eigenvalue weighted by atomic mass is 10.0. The molecule has 4 aromatic rings. The predicted octanol–water partition coefficient (Wildman–Crippen LogP) is 4.33. The number of aryl methyl sites for hydroxylation is 1. The largest absolute Gasteiger partial charge is 0.454 e. The third-order valence-corrected chi connectivity index (χ3v) is 5.59. The summed E-state index contributed by atoms with van der Waals surface area (Å²) in [5.74, 6) is 2.44. The Hall–Kier alpha value is -3.19. The second-order valence-corrected chi connectivity index (χ2v) is 7.62. The molecule has 0 spiro atoms. The van der Waals surface area contributed by atoms with E-state index in [1.165, 1.54) is 11.1 Å². The van der Waals surface area contributed by atoms with E-state index in [0.29, 0.717) is 13.3 Å². The number of rotatable bonds is 5. The number of hydrogen-bond donors (Lipinski definition) is 1. The fourth-order valence-electron chi connectivity index (χ4n) is 3.28. The SMILES string of the molecule is Cc1csc(CNc2ncnc3ccc(Cc4ccc5c(c4)OCO5)cc23)n1. The van der Waals surface area contributed by atoms with Gasteiger partial charge in [0.25, 0.3) is 0 Å². The van der Waals surface area contributed by atoms with Crippen LogP contribution in [0.4, 0.5) is 5.82 Å². The van der Waals surface area contributed by atoms with E-state index in [1.807, 2.05) is 25.1 Å². The monoisotopic (exact) mass is 390 g/mol. The molecule has 0 bridgehead atoms. The maximum Gasteiger partial charge on any atom is 0.231 e. The summed E-state index contributed by atoms with van der Waals surface area (Å²) in [6.07, 6.45) is 2.39. The molecule has 1 aliphatic heterocycles. The van der Waals surface area contributed by atoms with Crippen LogP contribution in [0.25, 0.3) is 10.9 Å². The number of benzene rings is 2. The van der Waals surface area contributed by atoms with Crippen LogP contribution in [0.15, 0.2) is 48.1 Å². The highest BCUT2D eigenvalue weighted by atomic mass is 32.1. The van der Waals surface area contributed by atoms with Crippen molar-refractivity contribution in [1.29, 1.82) is 0 Å². The quantitative estimate of drug-likeness (QED) is 0.547. The number of ether oxygens (including phenoxy) is 2.